The van der Waals surface area contributed by atoms with E-state index in [9.17, 15) is 9.59 Å². The smallest absolute Gasteiger partial charge is 0.308 e. The summed E-state index contributed by atoms with van der Waals surface area (Å²) in [6.45, 7) is 2.57. The number of carbonyl (C=O) groups is 2. The topological polar surface area (TPSA) is 57.6 Å². The van der Waals surface area contributed by atoms with Gasteiger partial charge in [0.1, 0.15) is 0 Å². The second kappa shape index (κ2) is 3.83. The first-order valence-corrected chi connectivity index (χ1v) is 5.65. The van der Waals surface area contributed by atoms with Gasteiger partial charge in [0.25, 0.3) is 0 Å². The van der Waals surface area contributed by atoms with Gasteiger partial charge in [-0.1, -0.05) is 13.3 Å². The highest BCUT2D eigenvalue weighted by Gasteiger charge is 2.47. The zero-order valence-electron chi connectivity index (χ0n) is 8.98. The van der Waals surface area contributed by atoms with Gasteiger partial charge in [-0.15, -0.1) is 0 Å². The molecule has 2 aliphatic rings. The lowest BCUT2D eigenvalue weighted by Gasteiger charge is -2.15. The number of likely N-dealkylation sites (tertiary alicyclic amines) is 1. The maximum atomic E-state index is 11.6. The summed E-state index contributed by atoms with van der Waals surface area (Å²) in [7, 11) is 0. The standard InChI is InChI=1S/C11H17NO3/c1-2-3-7-4-9(7)12-6-8(11(14)15)5-10(12)13/h7-9H,2-6H2,1H3,(H,14,15). The van der Waals surface area contributed by atoms with E-state index in [-0.39, 0.29) is 12.3 Å². The molecule has 1 saturated carbocycles. The van der Waals surface area contributed by atoms with Crippen molar-refractivity contribution in [3.05, 3.63) is 0 Å². The highest BCUT2D eigenvalue weighted by Crippen LogP contribution is 2.41. The van der Waals surface area contributed by atoms with Crippen molar-refractivity contribution in [2.75, 3.05) is 6.54 Å². The van der Waals surface area contributed by atoms with Crippen LogP contribution < -0.4 is 0 Å². The minimum absolute atomic E-state index is 0.0333. The summed E-state index contributed by atoms with van der Waals surface area (Å²) in [5.74, 6) is -0.642. The Balaban J connectivity index is 1.90. The quantitative estimate of drug-likeness (QED) is 0.757. The molecule has 0 radical (unpaired) electrons. The second-order valence-corrected chi connectivity index (χ2v) is 4.64. The van der Waals surface area contributed by atoms with E-state index >= 15 is 0 Å². The van der Waals surface area contributed by atoms with E-state index in [0.29, 0.717) is 18.5 Å². The summed E-state index contributed by atoms with van der Waals surface area (Å²) in [4.78, 5) is 24.1. The lowest BCUT2D eigenvalue weighted by atomic mass is 10.1. The molecule has 2 fully saturated rings. The van der Waals surface area contributed by atoms with Crippen LogP contribution >= 0.6 is 0 Å². The van der Waals surface area contributed by atoms with Gasteiger partial charge in [-0.2, -0.15) is 0 Å². The van der Waals surface area contributed by atoms with E-state index in [2.05, 4.69) is 6.92 Å². The molecule has 84 valence electrons. The van der Waals surface area contributed by atoms with E-state index in [1.54, 1.807) is 4.90 Å². The first-order valence-electron chi connectivity index (χ1n) is 5.65. The van der Waals surface area contributed by atoms with Crippen LogP contribution in [0.5, 0.6) is 0 Å². The van der Waals surface area contributed by atoms with Gasteiger partial charge in [-0.25, -0.2) is 0 Å². The van der Waals surface area contributed by atoms with Crippen molar-refractivity contribution in [3.63, 3.8) is 0 Å². The first-order chi connectivity index (χ1) is 7.13. The third-order valence-electron chi connectivity index (χ3n) is 3.45. The van der Waals surface area contributed by atoms with Gasteiger partial charge in [0, 0.05) is 19.0 Å². The average Bonchev–Trinajstić information content (AvgIpc) is 2.81. The Hall–Kier alpha value is -1.06. The number of nitrogens with zero attached hydrogens (tertiary/aromatic N) is 1. The number of carbonyl (C=O) groups excluding carboxylic acids is 1. The van der Waals surface area contributed by atoms with Gasteiger partial charge in [0.05, 0.1) is 5.92 Å². The Labute approximate surface area is 89.3 Å². The van der Waals surface area contributed by atoms with E-state index in [1.807, 2.05) is 0 Å². The third-order valence-corrected chi connectivity index (χ3v) is 3.45. The van der Waals surface area contributed by atoms with Crippen LogP contribution in [0.2, 0.25) is 0 Å². The number of rotatable bonds is 4. The molecule has 4 heteroatoms. The summed E-state index contributed by atoms with van der Waals surface area (Å²) in [6.07, 6.45) is 3.58. The zero-order chi connectivity index (χ0) is 11.0. The molecule has 3 unspecified atom stereocenters. The summed E-state index contributed by atoms with van der Waals surface area (Å²) < 4.78 is 0. The molecular formula is C11H17NO3. The molecule has 0 spiro atoms. The Morgan fingerprint density at radius 2 is 2.33 bits per heavy atom. The van der Waals surface area contributed by atoms with Crippen LogP contribution in [-0.4, -0.2) is 34.5 Å². The predicted octanol–water partition coefficient (Wildman–Crippen LogP) is 1.11. The summed E-state index contributed by atoms with van der Waals surface area (Å²) in [6, 6.07) is 0.349. The number of hydrogen-bond acceptors (Lipinski definition) is 2. The van der Waals surface area contributed by atoms with E-state index < -0.39 is 11.9 Å². The third kappa shape index (κ3) is 1.98. The van der Waals surface area contributed by atoms with Gasteiger partial charge in [-0.05, 0) is 18.8 Å². The number of amides is 1. The molecule has 1 N–H and O–H groups in total. The van der Waals surface area contributed by atoms with Gasteiger partial charge in [0.2, 0.25) is 5.91 Å². The number of carboxylic acids is 1. The zero-order valence-corrected chi connectivity index (χ0v) is 8.98. The van der Waals surface area contributed by atoms with Crippen LogP contribution in [0, 0.1) is 11.8 Å². The van der Waals surface area contributed by atoms with Gasteiger partial charge < -0.3 is 10.0 Å². The van der Waals surface area contributed by atoms with E-state index in [1.165, 1.54) is 0 Å². The summed E-state index contributed by atoms with van der Waals surface area (Å²) in [5.41, 5.74) is 0. The number of carboxylic acid groups (broad SMARTS) is 1. The van der Waals surface area contributed by atoms with Crippen molar-refractivity contribution >= 4 is 11.9 Å². The van der Waals surface area contributed by atoms with Crippen LogP contribution in [0.15, 0.2) is 0 Å². The molecule has 3 atom stereocenters. The normalized spacial score (nSPS) is 34.6. The highest BCUT2D eigenvalue weighted by molar-refractivity contribution is 5.86. The predicted molar refractivity (Wildman–Crippen MR) is 54.3 cm³/mol. The molecule has 0 aromatic heterocycles. The molecule has 4 nitrogen and oxygen atoms in total. The molecule has 1 aliphatic heterocycles. The van der Waals surface area contributed by atoms with Gasteiger partial charge >= 0.3 is 5.97 Å². The van der Waals surface area contributed by atoms with Gasteiger partial charge in [-0.3, -0.25) is 9.59 Å². The molecule has 0 aromatic carbocycles. The fraction of sp³-hybridized carbons (Fsp3) is 0.818. The molecule has 2 rings (SSSR count). The van der Waals surface area contributed by atoms with Crippen molar-refractivity contribution in [1.29, 1.82) is 0 Å². The Kier molecular flexibility index (Phi) is 2.67. The lowest BCUT2D eigenvalue weighted by molar-refractivity contribution is -0.141. The first kappa shape index (κ1) is 10.5. The Bertz CT molecular complexity index is 290. The Morgan fingerprint density at radius 1 is 1.60 bits per heavy atom. The molecule has 1 heterocycles. The van der Waals surface area contributed by atoms with Crippen molar-refractivity contribution in [1.82, 2.24) is 4.90 Å². The SMILES string of the molecule is CCCC1CC1N1CC(C(=O)O)CC1=O. The monoisotopic (exact) mass is 211 g/mol. The highest BCUT2D eigenvalue weighted by atomic mass is 16.4. The van der Waals surface area contributed by atoms with Crippen molar-refractivity contribution in [2.24, 2.45) is 11.8 Å². The number of aliphatic carboxylic acids is 1. The Morgan fingerprint density at radius 3 is 2.87 bits per heavy atom. The lowest BCUT2D eigenvalue weighted by Crippen LogP contribution is -2.29. The van der Waals surface area contributed by atoms with Crippen molar-refractivity contribution < 1.29 is 14.7 Å². The molecule has 0 aromatic rings. The summed E-state index contributed by atoms with van der Waals surface area (Å²) in [5, 5.41) is 8.84. The number of hydrogen-bond donors (Lipinski definition) is 1. The van der Waals surface area contributed by atoms with E-state index in [4.69, 9.17) is 5.11 Å². The van der Waals surface area contributed by atoms with Crippen LogP contribution in [0.3, 0.4) is 0 Å². The van der Waals surface area contributed by atoms with Crippen LogP contribution in [0.1, 0.15) is 32.6 Å². The van der Waals surface area contributed by atoms with Crippen LogP contribution in [-0.2, 0) is 9.59 Å². The molecule has 0 bridgehead atoms. The summed E-state index contributed by atoms with van der Waals surface area (Å²) >= 11 is 0. The maximum absolute atomic E-state index is 11.6. The fourth-order valence-corrected chi connectivity index (χ4v) is 2.51. The molecule has 15 heavy (non-hydrogen) atoms. The van der Waals surface area contributed by atoms with Crippen molar-refractivity contribution in [2.45, 2.75) is 38.6 Å². The average molecular weight is 211 g/mol. The fourth-order valence-electron chi connectivity index (χ4n) is 2.51. The van der Waals surface area contributed by atoms with Crippen LogP contribution in [0.25, 0.3) is 0 Å². The van der Waals surface area contributed by atoms with Crippen LogP contribution in [0.4, 0.5) is 0 Å². The largest absolute Gasteiger partial charge is 0.481 e. The molecular weight excluding hydrogens is 194 g/mol. The minimum atomic E-state index is -0.835. The van der Waals surface area contributed by atoms with Crippen molar-refractivity contribution in [3.8, 4) is 0 Å². The minimum Gasteiger partial charge on any atom is -0.481 e. The second-order valence-electron chi connectivity index (χ2n) is 4.64. The molecule has 1 amide bonds. The molecule has 1 aliphatic carbocycles. The molecule has 1 saturated heterocycles. The van der Waals surface area contributed by atoms with E-state index in [0.717, 1.165) is 19.3 Å². The van der Waals surface area contributed by atoms with Gasteiger partial charge in [0.15, 0.2) is 0 Å². The maximum Gasteiger partial charge on any atom is 0.308 e.